The third-order valence-electron chi connectivity index (χ3n) is 4.78. The van der Waals surface area contributed by atoms with E-state index in [-0.39, 0.29) is 0 Å². The molecule has 0 unspecified atom stereocenters. The zero-order chi connectivity index (χ0) is 14.8. The van der Waals surface area contributed by atoms with Crippen LogP contribution < -0.4 is 0 Å². The van der Waals surface area contributed by atoms with Crippen molar-refractivity contribution in [3.8, 4) is 11.5 Å². The molecule has 1 fully saturated rings. The molecule has 2 N–H and O–H groups in total. The Hall–Kier alpha value is -1.96. The van der Waals surface area contributed by atoms with Crippen molar-refractivity contribution in [3.05, 3.63) is 59.2 Å². The number of aryl methyl sites for hydroxylation is 1. The molecule has 0 heterocycles. The molecular weight excluding hydrogens is 260 g/mol. The Labute approximate surface area is 126 Å². The van der Waals surface area contributed by atoms with Gasteiger partial charge in [0.1, 0.15) is 11.5 Å². The topological polar surface area (TPSA) is 40.5 Å². The number of hydrogen-bond donors (Lipinski definition) is 2. The van der Waals surface area contributed by atoms with Gasteiger partial charge in [-0.3, -0.25) is 0 Å². The summed E-state index contributed by atoms with van der Waals surface area (Å²) in [5.41, 5.74) is 3.66. The number of phenols is 2. The van der Waals surface area contributed by atoms with E-state index in [9.17, 15) is 10.2 Å². The SMILES string of the molecule is Cc1cc([C@H]2CC[C@@H](c3ccc(O)cc3)CC2)ccc1O. The summed E-state index contributed by atoms with van der Waals surface area (Å²) in [6.07, 6.45) is 4.76. The van der Waals surface area contributed by atoms with E-state index in [0.29, 0.717) is 23.3 Å². The van der Waals surface area contributed by atoms with Gasteiger partial charge in [0, 0.05) is 0 Å². The van der Waals surface area contributed by atoms with E-state index in [1.165, 1.54) is 36.8 Å². The van der Waals surface area contributed by atoms with Crippen molar-refractivity contribution in [1.82, 2.24) is 0 Å². The lowest BCUT2D eigenvalue weighted by atomic mass is 9.76. The van der Waals surface area contributed by atoms with E-state index in [1.54, 1.807) is 12.1 Å². The van der Waals surface area contributed by atoms with Crippen LogP contribution >= 0.6 is 0 Å². The molecule has 2 nitrogen and oxygen atoms in total. The van der Waals surface area contributed by atoms with Crippen molar-refractivity contribution in [2.75, 3.05) is 0 Å². The maximum Gasteiger partial charge on any atom is 0.118 e. The van der Waals surface area contributed by atoms with Crippen LogP contribution in [0.5, 0.6) is 11.5 Å². The van der Waals surface area contributed by atoms with Gasteiger partial charge < -0.3 is 10.2 Å². The van der Waals surface area contributed by atoms with Gasteiger partial charge in [-0.1, -0.05) is 24.3 Å². The lowest BCUT2D eigenvalue weighted by Crippen LogP contribution is -2.12. The number of hydrogen-bond acceptors (Lipinski definition) is 2. The lowest BCUT2D eigenvalue weighted by molar-refractivity contribution is 0.395. The van der Waals surface area contributed by atoms with E-state index >= 15 is 0 Å². The van der Waals surface area contributed by atoms with E-state index in [4.69, 9.17) is 0 Å². The Kier molecular flexibility index (Phi) is 3.87. The molecular formula is C19H22O2. The maximum atomic E-state index is 9.63. The third-order valence-corrected chi connectivity index (χ3v) is 4.78. The molecule has 110 valence electrons. The average molecular weight is 282 g/mol. The Balaban J connectivity index is 1.67. The second-order valence-corrected chi connectivity index (χ2v) is 6.19. The first kappa shape index (κ1) is 14.0. The van der Waals surface area contributed by atoms with Crippen LogP contribution in [-0.2, 0) is 0 Å². The third kappa shape index (κ3) is 3.05. The van der Waals surface area contributed by atoms with E-state index in [1.807, 2.05) is 25.1 Å². The molecule has 1 saturated carbocycles. The van der Waals surface area contributed by atoms with Gasteiger partial charge in [0.05, 0.1) is 0 Å². The predicted molar refractivity (Wildman–Crippen MR) is 84.9 cm³/mol. The molecule has 0 radical (unpaired) electrons. The molecule has 2 heteroatoms. The fourth-order valence-electron chi connectivity index (χ4n) is 3.44. The number of aromatic hydroxyl groups is 2. The molecule has 2 aromatic carbocycles. The van der Waals surface area contributed by atoms with Crippen LogP contribution in [0, 0.1) is 6.92 Å². The molecule has 0 spiro atoms. The van der Waals surface area contributed by atoms with Gasteiger partial charge in [-0.05, 0) is 79.3 Å². The number of benzene rings is 2. The summed E-state index contributed by atoms with van der Waals surface area (Å²) in [4.78, 5) is 0. The number of rotatable bonds is 2. The molecule has 0 aliphatic heterocycles. The number of phenolic OH excluding ortho intramolecular Hbond substituents is 2. The van der Waals surface area contributed by atoms with E-state index < -0.39 is 0 Å². The van der Waals surface area contributed by atoms with Crippen LogP contribution in [0.2, 0.25) is 0 Å². The summed E-state index contributed by atoms with van der Waals surface area (Å²) < 4.78 is 0. The van der Waals surface area contributed by atoms with Gasteiger partial charge in [0.2, 0.25) is 0 Å². The van der Waals surface area contributed by atoms with Crippen molar-refractivity contribution in [2.24, 2.45) is 0 Å². The summed E-state index contributed by atoms with van der Waals surface area (Å²) in [6, 6.07) is 13.7. The monoisotopic (exact) mass is 282 g/mol. The minimum atomic E-state index is 0.340. The van der Waals surface area contributed by atoms with Crippen molar-refractivity contribution in [3.63, 3.8) is 0 Å². The highest BCUT2D eigenvalue weighted by Gasteiger charge is 2.23. The molecule has 1 aliphatic carbocycles. The molecule has 21 heavy (non-hydrogen) atoms. The van der Waals surface area contributed by atoms with Gasteiger partial charge in [-0.15, -0.1) is 0 Å². The predicted octanol–water partition coefficient (Wildman–Crippen LogP) is 4.85. The van der Waals surface area contributed by atoms with Crippen LogP contribution in [0.15, 0.2) is 42.5 Å². The molecule has 0 aromatic heterocycles. The van der Waals surface area contributed by atoms with E-state index in [2.05, 4.69) is 12.1 Å². The van der Waals surface area contributed by atoms with Crippen molar-refractivity contribution < 1.29 is 10.2 Å². The quantitative estimate of drug-likeness (QED) is 0.826. The Morgan fingerprint density at radius 3 is 1.86 bits per heavy atom. The van der Waals surface area contributed by atoms with Gasteiger partial charge in [0.15, 0.2) is 0 Å². The fourth-order valence-corrected chi connectivity index (χ4v) is 3.44. The second-order valence-electron chi connectivity index (χ2n) is 6.19. The van der Waals surface area contributed by atoms with Gasteiger partial charge >= 0.3 is 0 Å². The van der Waals surface area contributed by atoms with Crippen LogP contribution in [0.4, 0.5) is 0 Å². The van der Waals surface area contributed by atoms with Crippen molar-refractivity contribution >= 4 is 0 Å². The first-order chi connectivity index (χ1) is 10.1. The fraction of sp³-hybridized carbons (Fsp3) is 0.368. The standard InChI is InChI=1S/C19H22O2/c1-13-12-17(8-11-19(13)21)16-4-2-14(3-5-16)15-6-9-18(20)10-7-15/h6-12,14,16,20-21H,2-5H2,1H3/t14-,16+. The highest BCUT2D eigenvalue weighted by molar-refractivity contribution is 5.37. The zero-order valence-corrected chi connectivity index (χ0v) is 12.4. The molecule has 2 aromatic rings. The summed E-state index contributed by atoms with van der Waals surface area (Å²) in [6.45, 7) is 1.96. The van der Waals surface area contributed by atoms with Gasteiger partial charge in [-0.25, -0.2) is 0 Å². The highest BCUT2D eigenvalue weighted by atomic mass is 16.3. The summed E-state index contributed by atoms with van der Waals surface area (Å²) in [5, 5.41) is 19.0. The normalized spacial score (nSPS) is 22.1. The largest absolute Gasteiger partial charge is 0.508 e. The van der Waals surface area contributed by atoms with Crippen LogP contribution in [-0.4, -0.2) is 10.2 Å². The molecule has 3 rings (SSSR count). The first-order valence-corrected chi connectivity index (χ1v) is 7.72. The molecule has 0 atom stereocenters. The van der Waals surface area contributed by atoms with Crippen molar-refractivity contribution in [1.29, 1.82) is 0 Å². The molecule has 0 amide bonds. The lowest BCUT2D eigenvalue weighted by Gasteiger charge is -2.29. The molecule has 0 saturated heterocycles. The van der Waals surface area contributed by atoms with Gasteiger partial charge in [0.25, 0.3) is 0 Å². The highest BCUT2D eigenvalue weighted by Crippen LogP contribution is 2.41. The first-order valence-electron chi connectivity index (χ1n) is 7.72. The summed E-state index contributed by atoms with van der Waals surface area (Å²) >= 11 is 0. The van der Waals surface area contributed by atoms with Crippen LogP contribution in [0.25, 0.3) is 0 Å². The Morgan fingerprint density at radius 1 is 0.762 bits per heavy atom. The Bertz CT molecular complexity index is 608. The van der Waals surface area contributed by atoms with Crippen molar-refractivity contribution in [2.45, 2.75) is 44.4 Å². The smallest absolute Gasteiger partial charge is 0.118 e. The maximum absolute atomic E-state index is 9.63. The summed E-state index contributed by atoms with van der Waals surface area (Å²) in [5.74, 6) is 1.95. The van der Waals surface area contributed by atoms with Gasteiger partial charge in [-0.2, -0.15) is 0 Å². The minimum Gasteiger partial charge on any atom is -0.508 e. The zero-order valence-electron chi connectivity index (χ0n) is 12.4. The van der Waals surface area contributed by atoms with Crippen LogP contribution in [0.3, 0.4) is 0 Å². The Morgan fingerprint density at radius 2 is 1.29 bits per heavy atom. The minimum absolute atomic E-state index is 0.340. The van der Waals surface area contributed by atoms with E-state index in [0.717, 1.165) is 5.56 Å². The average Bonchev–Trinajstić information content (AvgIpc) is 2.51. The van der Waals surface area contributed by atoms with Crippen LogP contribution in [0.1, 0.15) is 54.2 Å². The molecule has 0 bridgehead atoms. The second kappa shape index (κ2) is 5.80. The summed E-state index contributed by atoms with van der Waals surface area (Å²) in [7, 11) is 0. The molecule has 1 aliphatic rings.